The normalized spacial score (nSPS) is 14.4. The van der Waals surface area contributed by atoms with Gasteiger partial charge in [0.2, 0.25) is 0 Å². The Morgan fingerprint density at radius 2 is 1.60 bits per heavy atom. The van der Waals surface area contributed by atoms with E-state index in [2.05, 4.69) is 48.5 Å². The average Bonchev–Trinajstić information content (AvgIpc) is 2.48. The Hall–Kier alpha value is -1.33. The molecular weight excluding hydrogens is 214 g/mol. The van der Waals surface area contributed by atoms with Crippen LogP contribution in [0.2, 0.25) is 0 Å². The largest absolute Gasteiger partial charge is 0.309 e. The van der Waals surface area contributed by atoms with Gasteiger partial charge in [-0.15, -0.1) is 0 Å². The first-order chi connectivity index (χ1) is 7.45. The van der Waals surface area contributed by atoms with Gasteiger partial charge in [0.25, 0.3) is 0 Å². The van der Waals surface area contributed by atoms with Gasteiger partial charge in [-0.3, -0.25) is 0 Å². The maximum absolute atomic E-state index is 4.75. The van der Waals surface area contributed by atoms with Gasteiger partial charge in [-0.25, -0.2) is 0 Å². The first-order valence-corrected chi connectivity index (χ1v) is 9.64. The predicted octanol–water partition coefficient (Wildman–Crippen LogP) is 1.33. The summed E-state index contributed by atoms with van der Waals surface area (Å²) in [5.74, 6) is 0. The monoisotopic (exact) mass is 225 g/mol. The molecule has 0 saturated carbocycles. The highest BCUT2D eigenvalue weighted by molar-refractivity contribution is 7.02. The summed E-state index contributed by atoms with van der Waals surface area (Å²) in [6.07, 6.45) is 0. The molecule has 0 amide bonds. The zero-order valence-electron chi connectivity index (χ0n) is 8.35. The van der Waals surface area contributed by atoms with Crippen LogP contribution >= 0.6 is 0 Å². The van der Waals surface area contributed by atoms with Gasteiger partial charge < -0.3 is 4.63 Å². The summed E-state index contributed by atoms with van der Waals surface area (Å²) in [5, 5.41) is 1.58. The number of hydrogen-bond acceptors (Lipinski definition) is 1. The van der Waals surface area contributed by atoms with E-state index in [1.807, 2.05) is 0 Å². The van der Waals surface area contributed by atoms with Gasteiger partial charge in [0.15, 0.2) is 0 Å². The van der Waals surface area contributed by atoms with Crippen LogP contribution in [0.15, 0.2) is 53.2 Å². The molecule has 1 nitrogen and oxygen atoms in total. The molecule has 72 valence electrons. The minimum Gasteiger partial charge on any atom is -0.309 e. The summed E-state index contributed by atoms with van der Waals surface area (Å²) in [6, 6.07) is 17.3. The van der Waals surface area contributed by atoms with Gasteiger partial charge >= 0.3 is 0 Å². The second-order valence-corrected chi connectivity index (χ2v) is 7.80. The van der Waals surface area contributed by atoms with Crippen LogP contribution in [0, 0.1) is 0 Å². The third-order valence-corrected chi connectivity index (χ3v) is 6.87. The van der Waals surface area contributed by atoms with Crippen LogP contribution in [0.4, 0.5) is 5.69 Å². The summed E-state index contributed by atoms with van der Waals surface area (Å²) < 4.78 is 4.75. The van der Waals surface area contributed by atoms with Crippen molar-refractivity contribution < 1.29 is 0 Å². The van der Waals surface area contributed by atoms with Crippen LogP contribution in [-0.2, 0) is 0 Å². The fraction of sp³-hybridized carbons (Fsp3) is 0. The third-order valence-electron chi connectivity index (χ3n) is 2.75. The lowest BCUT2D eigenvalue weighted by Gasteiger charge is -2.07. The standard InChI is InChI=1S/C12H11NSi2/c1-3-7-11-9(5-1)10-6-2-4-8-12(10)14-15-13-11/h1-8,15H,14H2. The predicted molar refractivity (Wildman–Crippen MR) is 69.3 cm³/mol. The van der Waals surface area contributed by atoms with Crippen molar-refractivity contribution in [3.05, 3.63) is 48.5 Å². The Balaban J connectivity index is 2.33. The van der Waals surface area contributed by atoms with Crippen molar-refractivity contribution in [2.24, 2.45) is 4.63 Å². The van der Waals surface area contributed by atoms with Crippen LogP contribution in [0.25, 0.3) is 11.1 Å². The zero-order chi connectivity index (χ0) is 10.1. The zero-order valence-corrected chi connectivity index (χ0v) is 10.9. The SMILES string of the molecule is c1ccc2c(c1)N=[SiH][SiH2]c1ccccc1-2. The maximum Gasteiger partial charge on any atom is 0.0975 e. The van der Waals surface area contributed by atoms with E-state index in [4.69, 9.17) is 4.63 Å². The molecule has 2 aromatic rings. The molecule has 15 heavy (non-hydrogen) atoms. The van der Waals surface area contributed by atoms with Gasteiger partial charge in [-0.2, -0.15) is 0 Å². The maximum atomic E-state index is 4.75. The quantitative estimate of drug-likeness (QED) is 0.600. The summed E-state index contributed by atoms with van der Waals surface area (Å²) in [6.45, 7) is 0. The number of nitrogens with zero attached hydrogens (tertiary/aromatic N) is 1. The lowest BCUT2D eigenvalue weighted by Crippen LogP contribution is -2.17. The molecule has 2 aromatic carbocycles. The Morgan fingerprint density at radius 1 is 0.867 bits per heavy atom. The highest BCUT2D eigenvalue weighted by atomic mass is 29.1. The Labute approximate surface area is 93.3 Å². The number of hydrogen-bond donors (Lipinski definition) is 0. The van der Waals surface area contributed by atoms with Crippen LogP contribution < -0.4 is 5.19 Å². The van der Waals surface area contributed by atoms with Gasteiger partial charge in [0, 0.05) is 5.56 Å². The number of para-hydroxylation sites is 1. The molecule has 0 saturated heterocycles. The summed E-state index contributed by atoms with van der Waals surface area (Å²) in [4.78, 5) is 0. The minimum absolute atomic E-state index is 0.125. The van der Waals surface area contributed by atoms with Gasteiger partial charge in [-0.05, 0) is 11.6 Å². The van der Waals surface area contributed by atoms with E-state index < -0.39 is 0 Å². The van der Waals surface area contributed by atoms with Crippen LogP contribution in [0.1, 0.15) is 0 Å². The van der Waals surface area contributed by atoms with Crippen LogP contribution in [0.5, 0.6) is 0 Å². The van der Waals surface area contributed by atoms with Crippen molar-refractivity contribution in [1.29, 1.82) is 0 Å². The highest BCUT2D eigenvalue weighted by Gasteiger charge is 2.10. The lowest BCUT2D eigenvalue weighted by atomic mass is 10.0. The topological polar surface area (TPSA) is 12.4 Å². The summed E-state index contributed by atoms with van der Waals surface area (Å²) in [5.41, 5.74) is 3.95. The first-order valence-electron chi connectivity index (χ1n) is 5.15. The molecule has 0 aliphatic carbocycles. The van der Waals surface area contributed by atoms with Crippen molar-refractivity contribution in [3.63, 3.8) is 0 Å². The minimum atomic E-state index is -0.125. The molecule has 3 heteroatoms. The molecule has 0 radical (unpaired) electrons. The number of benzene rings is 2. The van der Waals surface area contributed by atoms with Gasteiger partial charge in [0.05, 0.1) is 23.6 Å². The van der Waals surface area contributed by atoms with E-state index in [-0.39, 0.29) is 9.04 Å². The fourth-order valence-electron chi connectivity index (χ4n) is 2.02. The Morgan fingerprint density at radius 3 is 2.53 bits per heavy atom. The van der Waals surface area contributed by atoms with E-state index >= 15 is 0 Å². The van der Waals surface area contributed by atoms with E-state index in [0.717, 1.165) is 0 Å². The van der Waals surface area contributed by atoms with E-state index in [1.54, 1.807) is 5.19 Å². The van der Waals surface area contributed by atoms with E-state index in [0.29, 0.717) is 8.83 Å². The molecule has 1 aliphatic rings. The van der Waals surface area contributed by atoms with Crippen molar-refractivity contribution >= 4 is 28.7 Å². The molecule has 0 unspecified atom stereocenters. The molecule has 1 aliphatic heterocycles. The van der Waals surface area contributed by atoms with E-state index in [9.17, 15) is 0 Å². The second-order valence-electron chi connectivity index (χ2n) is 3.69. The van der Waals surface area contributed by atoms with Gasteiger partial charge in [-0.1, -0.05) is 47.7 Å². The van der Waals surface area contributed by atoms with Gasteiger partial charge in [0.1, 0.15) is 0 Å². The summed E-state index contributed by atoms with van der Waals surface area (Å²) in [7, 11) is 0.181. The Kier molecular flexibility index (Phi) is 2.19. The lowest BCUT2D eigenvalue weighted by molar-refractivity contribution is 1.55. The second kappa shape index (κ2) is 3.68. The molecule has 0 bridgehead atoms. The average molecular weight is 225 g/mol. The molecule has 3 rings (SSSR count). The Bertz CT molecular complexity index is 535. The third kappa shape index (κ3) is 1.53. The molecule has 0 fully saturated rings. The molecular formula is C12H11NSi2. The fourth-order valence-corrected chi connectivity index (χ4v) is 6.05. The molecule has 0 aromatic heterocycles. The van der Waals surface area contributed by atoms with E-state index in [1.165, 1.54) is 16.8 Å². The molecule has 1 heterocycles. The highest BCUT2D eigenvalue weighted by Crippen LogP contribution is 2.29. The van der Waals surface area contributed by atoms with Crippen LogP contribution in [-0.4, -0.2) is 17.9 Å². The first kappa shape index (κ1) is 8.94. The van der Waals surface area contributed by atoms with Crippen LogP contribution in [0.3, 0.4) is 0 Å². The molecule has 0 spiro atoms. The van der Waals surface area contributed by atoms with Crippen molar-refractivity contribution in [3.8, 4) is 11.1 Å². The number of rotatable bonds is 0. The summed E-state index contributed by atoms with van der Waals surface area (Å²) >= 11 is 0. The molecule has 0 atom stereocenters. The smallest absolute Gasteiger partial charge is 0.0975 e. The molecule has 0 N–H and O–H groups in total. The number of fused-ring (bicyclic) bond motifs is 3. The van der Waals surface area contributed by atoms with Crippen molar-refractivity contribution in [1.82, 2.24) is 0 Å². The van der Waals surface area contributed by atoms with Crippen molar-refractivity contribution in [2.75, 3.05) is 0 Å². The van der Waals surface area contributed by atoms with Crippen molar-refractivity contribution in [2.45, 2.75) is 0 Å².